The first-order valence-electron chi connectivity index (χ1n) is 8.87. The van der Waals surface area contributed by atoms with Gasteiger partial charge in [0.2, 0.25) is 0 Å². The number of nitrogens with zero attached hydrogens (tertiary/aromatic N) is 2. The normalized spacial score (nSPS) is 35.4. The topological polar surface area (TPSA) is 45.1 Å². The number of piperidine rings is 1. The molecule has 2 aromatic rings. The van der Waals surface area contributed by atoms with E-state index in [1.54, 1.807) is 0 Å². The Morgan fingerprint density at radius 3 is 2.92 bits per heavy atom. The van der Waals surface area contributed by atoms with Crippen molar-refractivity contribution in [2.45, 2.75) is 31.8 Å². The first kappa shape index (κ1) is 14.3. The lowest BCUT2D eigenvalue weighted by atomic mass is 9.73. The third-order valence-corrected chi connectivity index (χ3v) is 6.77. The Balaban J connectivity index is 1.91. The molecule has 0 saturated carbocycles. The van der Waals surface area contributed by atoms with Crippen LogP contribution in [0.5, 0.6) is 0 Å². The van der Waals surface area contributed by atoms with Gasteiger partial charge in [-0.2, -0.15) is 0 Å². The second-order valence-electron chi connectivity index (χ2n) is 7.85. The number of carbonyl (C=O) groups is 1. The van der Waals surface area contributed by atoms with E-state index in [0.29, 0.717) is 6.04 Å². The highest BCUT2D eigenvalue weighted by Crippen LogP contribution is 2.55. The van der Waals surface area contributed by atoms with Crippen molar-refractivity contribution < 1.29 is 14.4 Å². The van der Waals surface area contributed by atoms with Crippen LogP contribution < -0.4 is 5.11 Å². The van der Waals surface area contributed by atoms with E-state index in [2.05, 4.69) is 35.9 Å². The molecule has 3 aliphatic rings. The van der Waals surface area contributed by atoms with Gasteiger partial charge in [-0.25, -0.2) is 0 Å². The molecule has 3 aliphatic heterocycles. The van der Waals surface area contributed by atoms with Gasteiger partial charge in [0.25, 0.3) is 0 Å². The van der Waals surface area contributed by atoms with Crippen molar-refractivity contribution >= 4 is 16.9 Å². The smallest absolute Gasteiger partial charge is 0.131 e. The van der Waals surface area contributed by atoms with Gasteiger partial charge in [-0.1, -0.05) is 24.3 Å². The van der Waals surface area contributed by atoms with Crippen LogP contribution in [-0.2, 0) is 11.2 Å². The van der Waals surface area contributed by atoms with E-state index < -0.39 is 12.0 Å². The zero-order chi connectivity index (χ0) is 16.6. The molecular formula is C20H22N2O2. The lowest BCUT2D eigenvalue weighted by Gasteiger charge is -2.55. The maximum absolute atomic E-state index is 12.1. The predicted molar refractivity (Wildman–Crippen MR) is 90.2 cm³/mol. The molecule has 0 amide bonds. The summed E-state index contributed by atoms with van der Waals surface area (Å²) >= 11 is 0. The summed E-state index contributed by atoms with van der Waals surface area (Å²) < 4.78 is 3.14. The highest BCUT2D eigenvalue weighted by molar-refractivity contribution is 5.88. The maximum atomic E-state index is 12.1. The Labute approximate surface area is 141 Å². The molecule has 24 heavy (non-hydrogen) atoms. The summed E-state index contributed by atoms with van der Waals surface area (Å²) in [5.74, 6) is -0.881. The molecule has 1 fully saturated rings. The SMILES string of the molecule is C/C=C1/C[N+]2(C)CCc3c4n(c5ccccc35)C(C(=O)[O-])C1CC42. The van der Waals surface area contributed by atoms with Gasteiger partial charge in [0, 0.05) is 29.7 Å². The van der Waals surface area contributed by atoms with Gasteiger partial charge < -0.3 is 19.0 Å². The summed E-state index contributed by atoms with van der Waals surface area (Å²) in [7, 11) is 2.34. The highest BCUT2D eigenvalue weighted by atomic mass is 16.4. The van der Waals surface area contributed by atoms with Gasteiger partial charge in [0.1, 0.15) is 12.6 Å². The first-order chi connectivity index (χ1) is 11.5. The quantitative estimate of drug-likeness (QED) is 0.595. The lowest BCUT2D eigenvalue weighted by Crippen LogP contribution is -2.60. The van der Waals surface area contributed by atoms with Crippen LogP contribution in [-0.4, -0.2) is 35.2 Å². The van der Waals surface area contributed by atoms with Gasteiger partial charge in [0.05, 0.1) is 31.3 Å². The molecular weight excluding hydrogens is 300 g/mol. The van der Waals surface area contributed by atoms with Crippen molar-refractivity contribution in [3.8, 4) is 0 Å². The summed E-state index contributed by atoms with van der Waals surface area (Å²) in [6.07, 6.45) is 4.10. The average Bonchev–Trinajstić information content (AvgIpc) is 2.90. The molecule has 124 valence electrons. The van der Waals surface area contributed by atoms with Crippen LogP contribution >= 0.6 is 0 Å². The molecule has 5 rings (SSSR count). The Morgan fingerprint density at radius 1 is 1.38 bits per heavy atom. The summed E-state index contributed by atoms with van der Waals surface area (Å²) in [6.45, 7) is 4.15. The molecule has 0 N–H and O–H groups in total. The molecule has 4 heteroatoms. The Morgan fingerprint density at radius 2 is 2.17 bits per heavy atom. The Kier molecular flexibility index (Phi) is 2.69. The van der Waals surface area contributed by atoms with Crippen molar-refractivity contribution in [1.29, 1.82) is 0 Å². The minimum Gasteiger partial charge on any atom is -0.548 e. The molecule has 4 heterocycles. The van der Waals surface area contributed by atoms with Crippen LogP contribution in [0.1, 0.15) is 36.7 Å². The minimum absolute atomic E-state index is 0.0606. The molecule has 1 saturated heterocycles. The molecule has 4 unspecified atom stereocenters. The van der Waals surface area contributed by atoms with Crippen LogP contribution in [0.4, 0.5) is 0 Å². The predicted octanol–water partition coefficient (Wildman–Crippen LogP) is 1.96. The van der Waals surface area contributed by atoms with E-state index in [-0.39, 0.29) is 5.92 Å². The number of allylic oxidation sites excluding steroid dienone is 1. The van der Waals surface area contributed by atoms with Crippen LogP contribution in [0.3, 0.4) is 0 Å². The highest BCUT2D eigenvalue weighted by Gasteiger charge is 2.54. The zero-order valence-corrected chi connectivity index (χ0v) is 14.2. The van der Waals surface area contributed by atoms with Crippen LogP contribution in [0.2, 0.25) is 0 Å². The van der Waals surface area contributed by atoms with Crippen LogP contribution in [0, 0.1) is 5.92 Å². The van der Waals surface area contributed by atoms with Gasteiger partial charge >= 0.3 is 0 Å². The summed E-state index contributed by atoms with van der Waals surface area (Å²) in [5.41, 5.74) is 5.00. The molecule has 1 aromatic heterocycles. The molecule has 4 nitrogen and oxygen atoms in total. The number of aromatic nitrogens is 1. The average molecular weight is 322 g/mol. The van der Waals surface area contributed by atoms with E-state index in [9.17, 15) is 9.90 Å². The number of likely N-dealkylation sites (N-methyl/N-ethyl adjacent to an activating group) is 1. The van der Waals surface area contributed by atoms with Gasteiger partial charge in [-0.15, -0.1) is 0 Å². The van der Waals surface area contributed by atoms with Crippen molar-refractivity contribution in [1.82, 2.24) is 4.57 Å². The number of para-hydroxylation sites is 1. The second kappa shape index (κ2) is 4.51. The molecule has 0 radical (unpaired) electrons. The second-order valence-corrected chi connectivity index (χ2v) is 7.85. The van der Waals surface area contributed by atoms with E-state index in [4.69, 9.17) is 0 Å². The number of hydrogen-bond acceptors (Lipinski definition) is 2. The molecule has 4 atom stereocenters. The zero-order valence-electron chi connectivity index (χ0n) is 14.2. The van der Waals surface area contributed by atoms with Crippen molar-refractivity contribution in [2.24, 2.45) is 5.92 Å². The standard InChI is InChI=1S/C20H22N2O2/c1-3-12-11-22(2)9-8-14-13-6-4-5-7-16(13)21-18(14)17(22)10-15(12)19(21)20(23)24/h3-7,15,17,19H,8-11H2,1-2H3/b12-3-. The third kappa shape index (κ3) is 1.55. The van der Waals surface area contributed by atoms with Crippen molar-refractivity contribution in [3.63, 3.8) is 0 Å². The van der Waals surface area contributed by atoms with E-state index in [1.807, 2.05) is 13.0 Å². The summed E-state index contributed by atoms with van der Waals surface area (Å²) in [6, 6.07) is 8.13. The number of aliphatic carboxylic acids is 1. The number of quaternary nitrogens is 1. The number of carboxylic acids is 1. The number of rotatable bonds is 1. The number of benzene rings is 1. The van der Waals surface area contributed by atoms with Crippen LogP contribution in [0.15, 0.2) is 35.9 Å². The maximum Gasteiger partial charge on any atom is 0.131 e. The number of carbonyl (C=O) groups excluding carboxylic acids is 1. The van der Waals surface area contributed by atoms with Gasteiger partial charge in [-0.05, 0) is 24.1 Å². The number of carboxylic acid groups (broad SMARTS) is 1. The fraction of sp³-hybridized carbons (Fsp3) is 0.450. The third-order valence-electron chi connectivity index (χ3n) is 6.77. The largest absolute Gasteiger partial charge is 0.548 e. The molecule has 0 aliphatic carbocycles. The Hall–Kier alpha value is -2.07. The fourth-order valence-electron chi connectivity index (χ4n) is 5.66. The molecule has 2 bridgehead atoms. The van der Waals surface area contributed by atoms with Gasteiger partial charge in [0.15, 0.2) is 0 Å². The van der Waals surface area contributed by atoms with E-state index in [1.165, 1.54) is 22.2 Å². The summed E-state index contributed by atoms with van der Waals surface area (Å²) in [4.78, 5) is 12.1. The number of fused-ring (bicyclic) bond motifs is 4. The lowest BCUT2D eigenvalue weighted by molar-refractivity contribution is -0.943. The van der Waals surface area contributed by atoms with E-state index in [0.717, 1.165) is 35.9 Å². The van der Waals surface area contributed by atoms with Gasteiger partial charge in [-0.3, -0.25) is 0 Å². The van der Waals surface area contributed by atoms with E-state index >= 15 is 0 Å². The fourth-order valence-corrected chi connectivity index (χ4v) is 5.66. The summed E-state index contributed by atoms with van der Waals surface area (Å²) in [5, 5.41) is 13.4. The van der Waals surface area contributed by atoms with Crippen molar-refractivity contribution in [3.05, 3.63) is 47.2 Å². The Bertz CT molecular complexity index is 910. The number of hydrogen-bond donors (Lipinski definition) is 0. The van der Waals surface area contributed by atoms with Crippen LogP contribution in [0.25, 0.3) is 10.9 Å². The minimum atomic E-state index is -0.942. The molecule has 0 spiro atoms. The van der Waals surface area contributed by atoms with Crippen molar-refractivity contribution in [2.75, 3.05) is 20.1 Å². The first-order valence-corrected chi connectivity index (χ1v) is 8.87. The monoisotopic (exact) mass is 322 g/mol. The molecule has 1 aromatic carbocycles.